The fourth-order valence-corrected chi connectivity index (χ4v) is 1.68. The van der Waals surface area contributed by atoms with Crippen LogP contribution >= 0.6 is 0 Å². The Hall–Kier alpha value is -2.03. The van der Waals surface area contributed by atoms with Gasteiger partial charge >= 0.3 is 16.3 Å². The van der Waals surface area contributed by atoms with E-state index in [-0.39, 0.29) is 6.61 Å². The van der Waals surface area contributed by atoms with Crippen LogP contribution in [-0.2, 0) is 14.9 Å². The normalized spacial score (nSPS) is 10.6. The van der Waals surface area contributed by atoms with Crippen molar-refractivity contribution in [3.05, 3.63) is 30.9 Å². The van der Waals surface area contributed by atoms with Crippen LogP contribution < -0.4 is 9.55 Å². The Morgan fingerprint density at radius 2 is 2.41 bits per heavy atom. The Bertz CT molecular complexity index is 507. The number of hydrogen-bond acceptors (Lipinski definition) is 5. The van der Waals surface area contributed by atoms with Crippen LogP contribution in [0, 0.1) is 6.92 Å². The number of carbonyl (C=O) groups is 1. The van der Waals surface area contributed by atoms with E-state index in [1.54, 1.807) is 11.6 Å². The molecule has 2 N–H and O–H groups in total. The maximum Gasteiger partial charge on any atom is 0.422 e. The van der Waals surface area contributed by atoms with Crippen molar-refractivity contribution in [1.29, 1.82) is 0 Å². The van der Waals surface area contributed by atoms with E-state index >= 15 is 0 Å². The summed E-state index contributed by atoms with van der Waals surface area (Å²) in [6.45, 7) is 4.84. The number of ether oxygens (including phenoxy) is 1. The van der Waals surface area contributed by atoms with Crippen LogP contribution in [-0.4, -0.2) is 30.8 Å². The molecule has 1 aromatic heterocycles. The van der Waals surface area contributed by atoms with Gasteiger partial charge in [-0.1, -0.05) is 12.7 Å². The van der Waals surface area contributed by atoms with Crippen molar-refractivity contribution >= 4 is 16.3 Å². The highest BCUT2D eigenvalue weighted by molar-refractivity contribution is 7.90. The van der Waals surface area contributed by atoms with Gasteiger partial charge in [0.1, 0.15) is 12.4 Å². The number of hydrogen-bond donors (Lipinski definition) is 2. The van der Waals surface area contributed by atoms with Crippen molar-refractivity contribution < 1.29 is 17.9 Å². The topological polar surface area (TPSA) is 102 Å². The van der Waals surface area contributed by atoms with Gasteiger partial charge in [0, 0.05) is 12.4 Å². The molecule has 0 aliphatic rings. The lowest BCUT2D eigenvalue weighted by atomic mass is 10.7. The molecule has 1 heterocycles. The van der Waals surface area contributed by atoms with E-state index in [1.807, 2.05) is 0 Å². The van der Waals surface area contributed by atoms with Gasteiger partial charge in [-0.15, -0.1) is 0 Å². The molecule has 17 heavy (non-hydrogen) atoms. The summed E-state index contributed by atoms with van der Waals surface area (Å²) in [5.74, 6) is 0.426. The van der Waals surface area contributed by atoms with Crippen molar-refractivity contribution in [3.8, 4) is 0 Å². The second-order valence-corrected chi connectivity index (χ2v) is 4.32. The summed E-state index contributed by atoms with van der Waals surface area (Å²) >= 11 is 0. The molecular formula is C8H12N4O4S. The zero-order valence-electron chi connectivity index (χ0n) is 9.08. The van der Waals surface area contributed by atoms with Crippen LogP contribution in [0.1, 0.15) is 5.82 Å². The highest BCUT2D eigenvalue weighted by Crippen LogP contribution is 1.93. The minimum atomic E-state index is -4.04. The molecule has 0 unspecified atom stereocenters. The molecule has 0 aliphatic heterocycles. The highest BCUT2D eigenvalue weighted by Gasteiger charge is 2.15. The number of aryl methyl sites for hydroxylation is 1. The molecule has 0 spiro atoms. The maximum atomic E-state index is 11.4. The quantitative estimate of drug-likeness (QED) is 0.719. The van der Waals surface area contributed by atoms with Crippen LogP contribution in [0.4, 0.5) is 4.79 Å². The van der Waals surface area contributed by atoms with Crippen molar-refractivity contribution in [1.82, 2.24) is 14.4 Å². The smallest absolute Gasteiger partial charge is 0.422 e. The molecule has 0 radical (unpaired) electrons. The summed E-state index contributed by atoms with van der Waals surface area (Å²) < 4.78 is 30.1. The first-order valence-electron chi connectivity index (χ1n) is 4.53. The van der Waals surface area contributed by atoms with Gasteiger partial charge in [0.2, 0.25) is 0 Å². The Morgan fingerprint density at radius 3 is 2.94 bits per heavy atom. The lowest BCUT2D eigenvalue weighted by Crippen LogP contribution is -2.39. The highest BCUT2D eigenvalue weighted by atomic mass is 32.2. The van der Waals surface area contributed by atoms with Crippen molar-refractivity contribution in [2.75, 3.05) is 11.4 Å². The lowest BCUT2D eigenvalue weighted by molar-refractivity contribution is 0.165. The number of imidazole rings is 1. The largest absolute Gasteiger partial charge is 0.445 e. The van der Waals surface area contributed by atoms with E-state index in [1.165, 1.54) is 18.5 Å². The molecule has 0 atom stereocenters. The van der Waals surface area contributed by atoms with Crippen molar-refractivity contribution in [2.24, 2.45) is 0 Å². The van der Waals surface area contributed by atoms with Crippen LogP contribution in [0.25, 0.3) is 0 Å². The fraction of sp³-hybridized carbons (Fsp3) is 0.250. The van der Waals surface area contributed by atoms with E-state index in [0.717, 1.165) is 4.68 Å². The fourth-order valence-electron chi connectivity index (χ4n) is 0.901. The summed E-state index contributed by atoms with van der Waals surface area (Å²) in [7, 11) is -4.04. The van der Waals surface area contributed by atoms with Crippen LogP contribution in [0.15, 0.2) is 25.0 Å². The SMILES string of the molecule is C=CCOC(=O)NS(=O)(=O)Nn1ccnc1C. The van der Waals surface area contributed by atoms with E-state index in [0.29, 0.717) is 5.82 Å². The van der Waals surface area contributed by atoms with Gasteiger partial charge in [-0.05, 0) is 6.92 Å². The number of nitrogens with zero attached hydrogens (tertiary/aromatic N) is 2. The Kier molecular flexibility index (Phi) is 4.10. The zero-order valence-corrected chi connectivity index (χ0v) is 9.90. The third-order valence-electron chi connectivity index (χ3n) is 1.59. The molecule has 0 bridgehead atoms. The molecule has 9 heteroatoms. The monoisotopic (exact) mass is 260 g/mol. The van der Waals surface area contributed by atoms with Crippen LogP contribution in [0.5, 0.6) is 0 Å². The average molecular weight is 260 g/mol. The first kappa shape index (κ1) is 13.0. The summed E-state index contributed by atoms with van der Waals surface area (Å²) in [4.78, 5) is 16.9. The molecule has 8 nitrogen and oxygen atoms in total. The average Bonchev–Trinajstić information content (AvgIpc) is 2.60. The minimum Gasteiger partial charge on any atom is -0.445 e. The van der Waals surface area contributed by atoms with Crippen LogP contribution in [0.2, 0.25) is 0 Å². The molecule has 1 amide bonds. The molecule has 0 saturated carbocycles. The van der Waals surface area contributed by atoms with E-state index in [2.05, 4.69) is 21.1 Å². The number of aromatic nitrogens is 2. The molecule has 0 fully saturated rings. The summed E-state index contributed by atoms with van der Waals surface area (Å²) in [6, 6.07) is 0. The Morgan fingerprint density at radius 1 is 1.71 bits per heavy atom. The number of carbonyl (C=O) groups excluding carboxylic acids is 1. The third-order valence-corrected chi connectivity index (χ3v) is 2.47. The van der Waals surface area contributed by atoms with Gasteiger partial charge in [0.15, 0.2) is 0 Å². The number of amides is 1. The summed E-state index contributed by atoms with van der Waals surface area (Å²) in [6.07, 6.45) is 3.03. The van der Waals surface area contributed by atoms with Crippen molar-refractivity contribution in [3.63, 3.8) is 0 Å². The molecular weight excluding hydrogens is 248 g/mol. The number of nitrogens with one attached hydrogen (secondary N) is 2. The lowest BCUT2D eigenvalue weighted by Gasteiger charge is -2.10. The Labute approximate surface area is 98.4 Å². The minimum absolute atomic E-state index is 0.0779. The van der Waals surface area contributed by atoms with E-state index in [4.69, 9.17) is 0 Å². The predicted octanol–water partition coefficient (Wildman–Crippen LogP) is -0.108. The van der Waals surface area contributed by atoms with E-state index in [9.17, 15) is 13.2 Å². The van der Waals surface area contributed by atoms with Crippen molar-refractivity contribution in [2.45, 2.75) is 6.92 Å². The maximum absolute atomic E-state index is 11.4. The summed E-state index contributed by atoms with van der Waals surface area (Å²) in [5, 5.41) is 0. The first-order chi connectivity index (χ1) is 7.94. The molecule has 94 valence electrons. The second kappa shape index (κ2) is 5.34. The van der Waals surface area contributed by atoms with Gasteiger partial charge in [-0.3, -0.25) is 0 Å². The zero-order chi connectivity index (χ0) is 12.9. The van der Waals surface area contributed by atoms with Gasteiger partial charge in [0.05, 0.1) is 0 Å². The Balaban J connectivity index is 2.61. The van der Waals surface area contributed by atoms with Gasteiger partial charge < -0.3 is 4.74 Å². The van der Waals surface area contributed by atoms with Gasteiger partial charge in [-0.25, -0.2) is 19.3 Å². The van der Waals surface area contributed by atoms with Gasteiger partial charge in [-0.2, -0.15) is 13.1 Å². The van der Waals surface area contributed by atoms with Gasteiger partial charge in [0.25, 0.3) is 0 Å². The first-order valence-corrected chi connectivity index (χ1v) is 6.01. The predicted molar refractivity (Wildman–Crippen MR) is 59.9 cm³/mol. The second-order valence-electron chi connectivity index (χ2n) is 2.93. The third kappa shape index (κ3) is 4.15. The number of rotatable bonds is 5. The molecule has 1 aromatic rings. The summed E-state index contributed by atoms with van der Waals surface area (Å²) in [5.41, 5.74) is 0. The van der Waals surface area contributed by atoms with E-state index < -0.39 is 16.3 Å². The molecule has 0 aromatic carbocycles. The molecule has 0 saturated heterocycles. The van der Waals surface area contributed by atoms with Crippen LogP contribution in [0.3, 0.4) is 0 Å². The molecule has 0 aliphatic carbocycles. The molecule has 1 rings (SSSR count). The standard InChI is InChI=1S/C8H12N4O4S/c1-3-6-16-8(13)10-17(14,15)11-12-5-4-9-7(12)2/h3-5,11H,1,6H2,2H3,(H,10,13).